The summed E-state index contributed by atoms with van der Waals surface area (Å²) in [5.74, 6) is 0.899. The molecule has 1 fully saturated rings. The van der Waals surface area contributed by atoms with Gasteiger partial charge in [-0.25, -0.2) is 0 Å². The summed E-state index contributed by atoms with van der Waals surface area (Å²) in [6.45, 7) is 9.90. The van der Waals surface area contributed by atoms with Crippen molar-refractivity contribution in [1.29, 1.82) is 0 Å². The number of carbonyl (C=O) groups excluding carboxylic acids is 1. The van der Waals surface area contributed by atoms with Crippen molar-refractivity contribution in [2.24, 2.45) is 0 Å². The quantitative estimate of drug-likeness (QED) is 0.232. The number of rotatable bonds is 12. The van der Waals surface area contributed by atoms with E-state index in [2.05, 4.69) is 32.2 Å². The summed E-state index contributed by atoms with van der Waals surface area (Å²) in [5.41, 5.74) is 0.932. The van der Waals surface area contributed by atoms with Crippen molar-refractivity contribution in [1.82, 2.24) is 35.0 Å². The normalized spacial score (nSPS) is 16.3. The number of pyridine rings is 1. The smallest absolute Gasteiger partial charge is 0.416 e. The Morgan fingerprint density at radius 1 is 1.12 bits per heavy atom. The molecule has 0 N–H and O–H groups in total. The van der Waals surface area contributed by atoms with Crippen LogP contribution in [0, 0.1) is 6.92 Å². The molecule has 1 amide bonds. The van der Waals surface area contributed by atoms with E-state index in [1.165, 1.54) is 16.9 Å². The third-order valence-electron chi connectivity index (χ3n) is 6.76. The van der Waals surface area contributed by atoms with Gasteiger partial charge in [-0.05, 0) is 67.0 Å². The first-order valence-electron chi connectivity index (χ1n) is 13.9. The lowest BCUT2D eigenvalue weighted by Gasteiger charge is -2.39. The Balaban J connectivity index is 1.33. The fourth-order valence-corrected chi connectivity index (χ4v) is 4.67. The van der Waals surface area contributed by atoms with Crippen LogP contribution in [-0.4, -0.2) is 86.4 Å². The molecule has 3 aromatic rings. The molecule has 1 aliphatic heterocycles. The molecule has 1 atom stereocenters. The summed E-state index contributed by atoms with van der Waals surface area (Å²) in [7, 11) is 0. The maximum Gasteiger partial charge on any atom is 0.416 e. The third-order valence-corrected chi connectivity index (χ3v) is 6.76. The van der Waals surface area contributed by atoms with Crippen molar-refractivity contribution in [3.63, 3.8) is 0 Å². The highest BCUT2D eigenvalue weighted by Crippen LogP contribution is 2.31. The molecular weight excluding hydrogens is 551 g/mol. The average molecular weight is 588 g/mol. The van der Waals surface area contributed by atoms with E-state index >= 15 is 0 Å². The lowest BCUT2D eigenvalue weighted by Crippen LogP contribution is -2.53. The van der Waals surface area contributed by atoms with Crippen LogP contribution in [0.3, 0.4) is 0 Å². The molecule has 0 bridgehead atoms. The zero-order chi connectivity index (χ0) is 30.1. The number of amides is 1. The molecule has 0 aliphatic carbocycles. The van der Waals surface area contributed by atoms with E-state index in [1.807, 2.05) is 19.1 Å². The molecule has 10 nitrogen and oxygen atoms in total. The second kappa shape index (κ2) is 14.4. The second-order valence-corrected chi connectivity index (χ2v) is 10.2. The number of ether oxygens (including phenoxy) is 2. The number of piperazine rings is 1. The van der Waals surface area contributed by atoms with E-state index in [4.69, 9.17) is 9.47 Å². The summed E-state index contributed by atoms with van der Waals surface area (Å²) in [6, 6.07) is 7.19. The number of benzene rings is 1. The lowest BCUT2D eigenvalue weighted by atomic mass is 10.0. The van der Waals surface area contributed by atoms with Crippen molar-refractivity contribution < 1.29 is 27.4 Å². The van der Waals surface area contributed by atoms with Crippen LogP contribution < -0.4 is 4.74 Å². The van der Waals surface area contributed by atoms with E-state index in [0.717, 1.165) is 30.9 Å². The van der Waals surface area contributed by atoms with Gasteiger partial charge in [0, 0.05) is 44.9 Å². The van der Waals surface area contributed by atoms with Crippen LogP contribution in [0.1, 0.15) is 48.5 Å². The maximum atomic E-state index is 13.4. The molecule has 0 radical (unpaired) electrons. The molecule has 1 aliphatic rings. The van der Waals surface area contributed by atoms with Crippen LogP contribution in [0.15, 0.2) is 42.6 Å². The van der Waals surface area contributed by atoms with Crippen molar-refractivity contribution >= 4 is 12.0 Å². The van der Waals surface area contributed by atoms with Crippen LogP contribution in [0.25, 0.3) is 6.08 Å². The maximum absolute atomic E-state index is 13.4. The molecule has 226 valence electrons. The number of nitrogens with zero attached hydrogens (tertiary/aromatic N) is 7. The largest absolute Gasteiger partial charge is 0.490 e. The SMILES string of the molecule is CCCOCCOc1ccc(CN2CCN(C(=O)/C=C/c3ccc(C(F)(F)F)cc3Cn3nnc(C)n3)[C@H](C)C2)nc1. The number of tetrazole rings is 1. The zero-order valence-corrected chi connectivity index (χ0v) is 24.0. The van der Waals surface area contributed by atoms with E-state index in [1.54, 1.807) is 24.1 Å². The number of hydrogen-bond donors (Lipinski definition) is 0. The number of aromatic nitrogens is 5. The van der Waals surface area contributed by atoms with Gasteiger partial charge in [-0.3, -0.25) is 14.7 Å². The Kier molecular flexibility index (Phi) is 10.6. The molecule has 0 saturated carbocycles. The standard InChI is InChI=1S/C29H36F3N7O3/c1-4-13-41-14-15-42-27-9-8-26(33-17-27)20-37-11-12-38(21(2)18-37)28(40)10-6-23-5-7-25(29(30,31)32)16-24(23)19-39-35-22(3)34-36-39/h5-10,16-17,21H,4,11-15,18-20H2,1-3H3/b10-6+/t21-/m1/s1. The number of aryl methyl sites for hydroxylation is 1. The highest BCUT2D eigenvalue weighted by molar-refractivity contribution is 5.92. The van der Waals surface area contributed by atoms with E-state index in [-0.39, 0.29) is 18.5 Å². The van der Waals surface area contributed by atoms with Crippen molar-refractivity contribution in [3.05, 3.63) is 70.8 Å². The van der Waals surface area contributed by atoms with Gasteiger partial charge >= 0.3 is 6.18 Å². The fraction of sp³-hybridized carbons (Fsp3) is 0.483. The summed E-state index contributed by atoms with van der Waals surface area (Å²) >= 11 is 0. The molecule has 0 spiro atoms. The minimum atomic E-state index is -4.50. The second-order valence-electron chi connectivity index (χ2n) is 10.2. The lowest BCUT2D eigenvalue weighted by molar-refractivity contribution is -0.137. The monoisotopic (exact) mass is 587 g/mol. The molecule has 42 heavy (non-hydrogen) atoms. The minimum Gasteiger partial charge on any atom is -0.490 e. The Labute approximate surface area is 243 Å². The Bertz CT molecular complexity index is 1340. The fourth-order valence-electron chi connectivity index (χ4n) is 4.67. The predicted octanol–water partition coefficient (Wildman–Crippen LogP) is 4.00. The Morgan fingerprint density at radius 2 is 1.95 bits per heavy atom. The van der Waals surface area contributed by atoms with Gasteiger partial charge < -0.3 is 14.4 Å². The molecule has 1 saturated heterocycles. The molecule has 3 heterocycles. The Hall–Kier alpha value is -3.84. The topological polar surface area (TPSA) is 98.5 Å². The van der Waals surface area contributed by atoms with Crippen molar-refractivity contribution in [3.8, 4) is 5.75 Å². The highest BCUT2D eigenvalue weighted by Gasteiger charge is 2.31. The number of carbonyl (C=O) groups is 1. The number of hydrogen-bond acceptors (Lipinski definition) is 8. The van der Waals surface area contributed by atoms with E-state index in [0.29, 0.717) is 62.1 Å². The third kappa shape index (κ3) is 8.83. The molecule has 1 aromatic carbocycles. The van der Waals surface area contributed by atoms with Gasteiger partial charge in [0.05, 0.1) is 30.6 Å². The molecule has 0 unspecified atom stereocenters. The van der Waals surface area contributed by atoms with E-state index < -0.39 is 11.7 Å². The molecule has 13 heteroatoms. The van der Waals surface area contributed by atoms with Crippen LogP contribution >= 0.6 is 0 Å². The summed E-state index contributed by atoms with van der Waals surface area (Å²) in [5, 5.41) is 11.7. The zero-order valence-electron chi connectivity index (χ0n) is 24.0. The summed E-state index contributed by atoms with van der Waals surface area (Å²) in [4.78, 5) is 22.8. The van der Waals surface area contributed by atoms with E-state index in [9.17, 15) is 18.0 Å². The van der Waals surface area contributed by atoms with Gasteiger partial charge in [0.15, 0.2) is 5.82 Å². The van der Waals surface area contributed by atoms with Crippen molar-refractivity contribution in [2.75, 3.05) is 39.5 Å². The van der Waals surface area contributed by atoms with Gasteiger partial charge in [0.25, 0.3) is 0 Å². The first-order valence-corrected chi connectivity index (χ1v) is 13.9. The predicted molar refractivity (Wildman–Crippen MR) is 149 cm³/mol. The van der Waals surface area contributed by atoms with Gasteiger partial charge in [0.2, 0.25) is 5.91 Å². The van der Waals surface area contributed by atoms with Gasteiger partial charge in [0.1, 0.15) is 12.4 Å². The number of alkyl halides is 3. The average Bonchev–Trinajstić information content (AvgIpc) is 3.36. The van der Waals surface area contributed by atoms with Crippen LogP contribution in [0.2, 0.25) is 0 Å². The first-order chi connectivity index (χ1) is 20.1. The van der Waals surface area contributed by atoms with Crippen molar-refractivity contribution in [2.45, 2.75) is 52.5 Å². The van der Waals surface area contributed by atoms with Crippen LogP contribution in [0.4, 0.5) is 13.2 Å². The van der Waals surface area contributed by atoms with Crippen LogP contribution in [0.5, 0.6) is 5.75 Å². The van der Waals surface area contributed by atoms with Gasteiger partial charge in [-0.1, -0.05) is 13.0 Å². The Morgan fingerprint density at radius 3 is 2.62 bits per heavy atom. The molecule has 4 rings (SSSR count). The van der Waals surface area contributed by atoms with Crippen LogP contribution in [-0.2, 0) is 28.8 Å². The first kappa shape index (κ1) is 31.1. The molecular formula is C29H36F3N7O3. The molecule has 2 aromatic heterocycles. The highest BCUT2D eigenvalue weighted by atomic mass is 19.4. The van der Waals surface area contributed by atoms with Gasteiger partial charge in [-0.2, -0.15) is 18.0 Å². The summed E-state index contributed by atoms with van der Waals surface area (Å²) in [6.07, 6.45) is 1.14. The minimum absolute atomic E-state index is 0.0117. The summed E-state index contributed by atoms with van der Waals surface area (Å²) < 4.78 is 51.2. The van der Waals surface area contributed by atoms with Gasteiger partial charge in [-0.15, -0.1) is 10.2 Å². The number of halogens is 3.